The van der Waals surface area contributed by atoms with Gasteiger partial charge in [0, 0.05) is 5.92 Å². The lowest BCUT2D eigenvalue weighted by atomic mass is 10.0. The van der Waals surface area contributed by atoms with E-state index < -0.39 is 17.3 Å². The Morgan fingerprint density at radius 3 is 2.40 bits per heavy atom. The standard InChI is InChI=1S/C6H9ClO3/c1-2-4(3-8)5(7)6(9)10/h3-5H,2H2,1H3,(H,9,10). The maximum atomic E-state index is 10.2. The van der Waals surface area contributed by atoms with Crippen LogP contribution in [0.1, 0.15) is 13.3 Å². The molecule has 0 saturated carbocycles. The first-order valence-electron chi connectivity index (χ1n) is 2.95. The third-order valence-corrected chi connectivity index (χ3v) is 1.77. The Morgan fingerprint density at radius 1 is 1.80 bits per heavy atom. The molecule has 0 amide bonds. The van der Waals surface area contributed by atoms with Crippen LogP contribution in [0.25, 0.3) is 0 Å². The number of carboxylic acids is 1. The van der Waals surface area contributed by atoms with Gasteiger partial charge >= 0.3 is 5.97 Å². The largest absolute Gasteiger partial charge is 0.480 e. The summed E-state index contributed by atoms with van der Waals surface area (Å²) in [6.45, 7) is 1.72. The molecule has 2 atom stereocenters. The molecule has 0 spiro atoms. The highest BCUT2D eigenvalue weighted by atomic mass is 35.5. The molecule has 0 aliphatic rings. The quantitative estimate of drug-likeness (QED) is 0.496. The maximum absolute atomic E-state index is 10.2. The summed E-state index contributed by atoms with van der Waals surface area (Å²) >= 11 is 5.35. The molecule has 1 N–H and O–H groups in total. The van der Waals surface area contributed by atoms with Gasteiger partial charge < -0.3 is 9.90 Å². The Hall–Kier alpha value is -0.570. The van der Waals surface area contributed by atoms with E-state index in [1.54, 1.807) is 6.92 Å². The molecule has 0 radical (unpaired) electrons. The summed E-state index contributed by atoms with van der Waals surface area (Å²) in [6, 6.07) is 0. The summed E-state index contributed by atoms with van der Waals surface area (Å²) in [7, 11) is 0. The Bertz CT molecular complexity index is 135. The fourth-order valence-corrected chi connectivity index (χ4v) is 0.793. The highest BCUT2D eigenvalue weighted by molar-refractivity contribution is 6.30. The summed E-state index contributed by atoms with van der Waals surface area (Å²) in [5.41, 5.74) is 0. The van der Waals surface area contributed by atoms with E-state index >= 15 is 0 Å². The van der Waals surface area contributed by atoms with Crippen molar-refractivity contribution in [3.63, 3.8) is 0 Å². The number of hydrogen-bond acceptors (Lipinski definition) is 2. The molecule has 0 rings (SSSR count). The van der Waals surface area contributed by atoms with Crippen LogP contribution >= 0.6 is 11.6 Å². The Morgan fingerprint density at radius 2 is 2.30 bits per heavy atom. The smallest absolute Gasteiger partial charge is 0.322 e. The fraction of sp³-hybridized carbons (Fsp3) is 0.667. The number of halogens is 1. The SMILES string of the molecule is CCC(C=O)C(Cl)C(=O)O. The molecule has 4 heteroatoms. The van der Waals surface area contributed by atoms with Gasteiger partial charge in [-0.1, -0.05) is 6.92 Å². The van der Waals surface area contributed by atoms with E-state index in [0.29, 0.717) is 12.7 Å². The first kappa shape index (κ1) is 9.43. The molecular weight excluding hydrogens is 156 g/mol. The lowest BCUT2D eigenvalue weighted by Gasteiger charge is -2.08. The molecule has 0 bridgehead atoms. The van der Waals surface area contributed by atoms with Gasteiger partial charge in [-0.15, -0.1) is 11.6 Å². The third-order valence-electron chi connectivity index (χ3n) is 1.26. The molecule has 2 unspecified atom stereocenters. The second-order valence-electron chi connectivity index (χ2n) is 1.95. The molecule has 0 aliphatic heterocycles. The predicted octanol–water partition coefficient (Wildman–Crippen LogP) is 0.903. The molecule has 0 aromatic heterocycles. The van der Waals surface area contributed by atoms with Gasteiger partial charge in [-0.3, -0.25) is 4.79 Å². The van der Waals surface area contributed by atoms with Crippen LogP contribution in [0.4, 0.5) is 0 Å². The van der Waals surface area contributed by atoms with Gasteiger partial charge in [0.15, 0.2) is 0 Å². The molecule has 0 heterocycles. The van der Waals surface area contributed by atoms with E-state index in [2.05, 4.69) is 0 Å². The van der Waals surface area contributed by atoms with Crippen molar-refractivity contribution < 1.29 is 14.7 Å². The molecule has 0 fully saturated rings. The lowest BCUT2D eigenvalue weighted by Crippen LogP contribution is -2.24. The summed E-state index contributed by atoms with van der Waals surface area (Å²) in [6.07, 6.45) is 1.04. The van der Waals surface area contributed by atoms with E-state index in [1.165, 1.54) is 0 Å². The van der Waals surface area contributed by atoms with Crippen LogP contribution in [0.5, 0.6) is 0 Å². The first-order chi connectivity index (χ1) is 4.63. The Labute approximate surface area is 64.0 Å². The van der Waals surface area contributed by atoms with Crippen molar-refractivity contribution >= 4 is 23.9 Å². The van der Waals surface area contributed by atoms with E-state index in [4.69, 9.17) is 16.7 Å². The Kier molecular flexibility index (Phi) is 4.03. The maximum Gasteiger partial charge on any atom is 0.322 e. The molecule has 0 aliphatic carbocycles. The van der Waals surface area contributed by atoms with Crippen LogP contribution < -0.4 is 0 Å². The zero-order valence-corrected chi connectivity index (χ0v) is 6.34. The van der Waals surface area contributed by atoms with Crippen molar-refractivity contribution in [2.75, 3.05) is 0 Å². The number of hydrogen-bond donors (Lipinski definition) is 1. The minimum Gasteiger partial charge on any atom is -0.480 e. The molecule has 10 heavy (non-hydrogen) atoms. The normalized spacial score (nSPS) is 15.8. The highest BCUT2D eigenvalue weighted by Gasteiger charge is 2.23. The number of rotatable bonds is 4. The van der Waals surface area contributed by atoms with Crippen LogP contribution in [0.15, 0.2) is 0 Å². The van der Waals surface area contributed by atoms with E-state index in [0.717, 1.165) is 0 Å². The van der Waals surface area contributed by atoms with Gasteiger partial charge in [-0.2, -0.15) is 0 Å². The number of aldehydes is 1. The molecule has 58 valence electrons. The average molecular weight is 165 g/mol. The summed E-state index contributed by atoms with van der Waals surface area (Å²) in [5, 5.41) is 7.24. The van der Waals surface area contributed by atoms with E-state index in [-0.39, 0.29) is 0 Å². The number of carbonyl (C=O) groups excluding carboxylic acids is 1. The van der Waals surface area contributed by atoms with Crippen molar-refractivity contribution in [3.8, 4) is 0 Å². The topological polar surface area (TPSA) is 54.4 Å². The summed E-state index contributed by atoms with van der Waals surface area (Å²) < 4.78 is 0. The van der Waals surface area contributed by atoms with E-state index in [1.807, 2.05) is 0 Å². The van der Waals surface area contributed by atoms with Crippen LogP contribution in [0, 0.1) is 5.92 Å². The zero-order valence-electron chi connectivity index (χ0n) is 5.58. The minimum absolute atomic E-state index is 0.462. The number of alkyl halides is 1. The second-order valence-corrected chi connectivity index (χ2v) is 2.42. The lowest BCUT2D eigenvalue weighted by molar-refractivity contribution is -0.138. The van der Waals surface area contributed by atoms with Gasteiger partial charge in [-0.05, 0) is 6.42 Å². The minimum atomic E-state index is -1.14. The van der Waals surface area contributed by atoms with E-state index in [9.17, 15) is 9.59 Å². The molecule has 0 saturated heterocycles. The summed E-state index contributed by atoms with van der Waals surface area (Å²) in [5.74, 6) is -1.71. The Balaban J connectivity index is 4.00. The molecule has 0 aromatic carbocycles. The van der Waals surface area contributed by atoms with Crippen LogP contribution in [-0.2, 0) is 9.59 Å². The molecule has 3 nitrogen and oxygen atoms in total. The van der Waals surface area contributed by atoms with Gasteiger partial charge in [0.05, 0.1) is 0 Å². The van der Waals surface area contributed by atoms with Gasteiger partial charge in [0.2, 0.25) is 0 Å². The van der Waals surface area contributed by atoms with Crippen molar-refractivity contribution in [1.29, 1.82) is 0 Å². The number of carbonyl (C=O) groups is 2. The monoisotopic (exact) mass is 164 g/mol. The second kappa shape index (κ2) is 4.28. The summed E-state index contributed by atoms with van der Waals surface area (Å²) in [4.78, 5) is 20.3. The van der Waals surface area contributed by atoms with Gasteiger partial charge in [0.1, 0.15) is 11.7 Å². The third kappa shape index (κ3) is 2.35. The van der Waals surface area contributed by atoms with Crippen molar-refractivity contribution in [3.05, 3.63) is 0 Å². The van der Waals surface area contributed by atoms with Gasteiger partial charge in [-0.25, -0.2) is 0 Å². The molecular formula is C6H9ClO3. The van der Waals surface area contributed by atoms with Crippen LogP contribution in [-0.4, -0.2) is 22.7 Å². The van der Waals surface area contributed by atoms with Crippen LogP contribution in [0.2, 0.25) is 0 Å². The van der Waals surface area contributed by atoms with Crippen molar-refractivity contribution in [2.45, 2.75) is 18.7 Å². The van der Waals surface area contributed by atoms with Crippen LogP contribution in [0.3, 0.4) is 0 Å². The average Bonchev–Trinajstić information content (AvgIpc) is 1.90. The zero-order chi connectivity index (χ0) is 8.15. The predicted molar refractivity (Wildman–Crippen MR) is 37.1 cm³/mol. The van der Waals surface area contributed by atoms with Gasteiger partial charge in [0.25, 0.3) is 0 Å². The fourth-order valence-electron chi connectivity index (χ4n) is 0.555. The molecule has 0 aromatic rings. The number of aliphatic carboxylic acids is 1. The first-order valence-corrected chi connectivity index (χ1v) is 3.39. The highest BCUT2D eigenvalue weighted by Crippen LogP contribution is 2.11. The number of carboxylic acid groups (broad SMARTS) is 1. The van der Waals surface area contributed by atoms with Crippen molar-refractivity contribution in [2.24, 2.45) is 5.92 Å². The van der Waals surface area contributed by atoms with Crippen molar-refractivity contribution in [1.82, 2.24) is 0 Å².